The maximum absolute atomic E-state index is 12.6. The van der Waals surface area contributed by atoms with Crippen LogP contribution in [0.25, 0.3) is 22.4 Å². The van der Waals surface area contributed by atoms with E-state index in [2.05, 4.69) is 15.5 Å². The summed E-state index contributed by atoms with van der Waals surface area (Å²) in [6.07, 6.45) is 0.791. The van der Waals surface area contributed by atoms with Gasteiger partial charge >= 0.3 is 0 Å². The Kier molecular flexibility index (Phi) is 5.75. The van der Waals surface area contributed by atoms with E-state index in [0.29, 0.717) is 34.7 Å². The molecule has 0 aliphatic heterocycles. The summed E-state index contributed by atoms with van der Waals surface area (Å²) in [6, 6.07) is 9.67. The number of H-pyrrole nitrogens is 1. The summed E-state index contributed by atoms with van der Waals surface area (Å²) in [5.41, 5.74) is 2.10. The average molecular weight is 402 g/mol. The van der Waals surface area contributed by atoms with Gasteiger partial charge in [-0.15, -0.1) is 0 Å². The minimum Gasteiger partial charge on any atom is -0.507 e. The van der Waals surface area contributed by atoms with Crippen LogP contribution in [-0.2, 0) is 0 Å². The highest BCUT2D eigenvalue weighted by atomic mass is 35.5. The van der Waals surface area contributed by atoms with Gasteiger partial charge in [0.15, 0.2) is 0 Å². The van der Waals surface area contributed by atoms with E-state index < -0.39 is 0 Å². The molecule has 28 heavy (non-hydrogen) atoms. The van der Waals surface area contributed by atoms with Gasteiger partial charge in [-0.1, -0.05) is 30.7 Å². The standard InChI is InChI=1S/C20H20ClN3O4/c1-3-8-22-20(27)19-17(11-4-6-12(28-2)7-5-11)18(23-24-19)13-9-14(21)16(26)10-15(13)25/h4-7,9-10,25-26H,3,8H2,1-2H3,(H,22,27)(H,23,24). The fraction of sp³-hybridized carbons (Fsp3) is 0.200. The molecule has 0 aliphatic rings. The first-order valence-electron chi connectivity index (χ1n) is 8.69. The molecule has 0 fully saturated rings. The maximum Gasteiger partial charge on any atom is 0.269 e. The van der Waals surface area contributed by atoms with E-state index in [1.807, 2.05) is 6.92 Å². The van der Waals surface area contributed by atoms with Gasteiger partial charge < -0.3 is 20.3 Å². The van der Waals surface area contributed by atoms with E-state index in [0.717, 1.165) is 12.5 Å². The molecule has 3 rings (SSSR count). The zero-order chi connectivity index (χ0) is 20.3. The van der Waals surface area contributed by atoms with Gasteiger partial charge in [0.1, 0.15) is 28.6 Å². The van der Waals surface area contributed by atoms with Crippen LogP contribution in [0.3, 0.4) is 0 Å². The zero-order valence-electron chi connectivity index (χ0n) is 15.4. The number of phenols is 2. The summed E-state index contributed by atoms with van der Waals surface area (Å²) in [7, 11) is 1.57. The minimum absolute atomic E-state index is 0.0634. The molecule has 146 valence electrons. The fourth-order valence-corrected chi connectivity index (χ4v) is 2.97. The number of amides is 1. The van der Waals surface area contributed by atoms with Crippen molar-refractivity contribution in [3.8, 4) is 39.6 Å². The molecule has 1 amide bonds. The summed E-state index contributed by atoms with van der Waals surface area (Å²) in [6.45, 7) is 2.48. The molecule has 4 N–H and O–H groups in total. The van der Waals surface area contributed by atoms with Crippen molar-refractivity contribution in [3.63, 3.8) is 0 Å². The Morgan fingerprint density at radius 2 is 1.93 bits per heavy atom. The summed E-state index contributed by atoms with van der Waals surface area (Å²) in [5.74, 6) is -0.0915. The third-order valence-electron chi connectivity index (χ3n) is 4.23. The number of nitrogens with one attached hydrogen (secondary N) is 2. The third kappa shape index (κ3) is 3.75. The number of halogens is 1. The number of phenolic OH excluding ortho intramolecular Hbond substituents is 2. The van der Waals surface area contributed by atoms with Crippen LogP contribution in [-0.4, -0.2) is 40.0 Å². The van der Waals surface area contributed by atoms with Gasteiger partial charge in [0.05, 0.1) is 12.1 Å². The smallest absolute Gasteiger partial charge is 0.269 e. The van der Waals surface area contributed by atoms with Crippen molar-refractivity contribution in [2.75, 3.05) is 13.7 Å². The molecule has 3 aromatic rings. The molecule has 8 heteroatoms. The second-order valence-corrected chi connectivity index (χ2v) is 6.53. The van der Waals surface area contributed by atoms with Gasteiger partial charge in [-0.05, 0) is 30.2 Å². The predicted octanol–water partition coefficient (Wildman–Crippen LogP) is 3.96. The number of hydrogen-bond acceptors (Lipinski definition) is 5. The van der Waals surface area contributed by atoms with E-state index in [1.54, 1.807) is 31.4 Å². The van der Waals surface area contributed by atoms with E-state index in [-0.39, 0.29) is 28.1 Å². The Hall–Kier alpha value is -3.19. The minimum atomic E-state index is -0.309. The maximum atomic E-state index is 12.6. The first-order chi connectivity index (χ1) is 13.5. The molecule has 0 bridgehead atoms. The Labute approximate surface area is 166 Å². The number of aromatic amines is 1. The number of aromatic nitrogens is 2. The number of benzene rings is 2. The van der Waals surface area contributed by atoms with Gasteiger partial charge in [0, 0.05) is 23.7 Å². The van der Waals surface area contributed by atoms with E-state index in [1.165, 1.54) is 6.07 Å². The van der Waals surface area contributed by atoms with Crippen LogP contribution in [0.2, 0.25) is 5.02 Å². The number of aromatic hydroxyl groups is 2. The number of carbonyl (C=O) groups excluding carboxylic acids is 1. The first kappa shape index (κ1) is 19.6. The molecule has 1 aromatic heterocycles. The van der Waals surface area contributed by atoms with Crippen LogP contribution < -0.4 is 10.1 Å². The molecule has 2 aromatic carbocycles. The monoisotopic (exact) mass is 401 g/mol. The van der Waals surface area contributed by atoms with E-state index in [9.17, 15) is 15.0 Å². The van der Waals surface area contributed by atoms with Crippen LogP contribution in [0.1, 0.15) is 23.8 Å². The molecule has 0 atom stereocenters. The Bertz CT molecular complexity index is 999. The van der Waals surface area contributed by atoms with Gasteiger partial charge in [0.2, 0.25) is 0 Å². The molecular weight excluding hydrogens is 382 g/mol. The predicted molar refractivity (Wildman–Crippen MR) is 107 cm³/mol. The Balaban J connectivity index is 2.19. The molecule has 0 radical (unpaired) electrons. The van der Waals surface area contributed by atoms with Crippen LogP contribution in [0.5, 0.6) is 17.2 Å². The lowest BCUT2D eigenvalue weighted by molar-refractivity contribution is 0.0949. The van der Waals surface area contributed by atoms with Gasteiger partial charge in [-0.25, -0.2) is 0 Å². The highest BCUT2D eigenvalue weighted by Gasteiger charge is 2.24. The molecule has 0 aliphatic carbocycles. The van der Waals surface area contributed by atoms with Crippen molar-refractivity contribution < 1.29 is 19.7 Å². The summed E-state index contributed by atoms with van der Waals surface area (Å²) in [4.78, 5) is 12.6. The van der Waals surface area contributed by atoms with E-state index in [4.69, 9.17) is 16.3 Å². The normalized spacial score (nSPS) is 10.7. The van der Waals surface area contributed by atoms with Crippen molar-refractivity contribution in [2.24, 2.45) is 0 Å². The largest absolute Gasteiger partial charge is 0.507 e. The van der Waals surface area contributed by atoms with Crippen molar-refractivity contribution in [1.29, 1.82) is 0 Å². The zero-order valence-corrected chi connectivity index (χ0v) is 16.2. The number of ether oxygens (including phenoxy) is 1. The number of hydrogen-bond donors (Lipinski definition) is 4. The van der Waals surface area contributed by atoms with Crippen molar-refractivity contribution >= 4 is 17.5 Å². The van der Waals surface area contributed by atoms with Gasteiger partial charge in [-0.3, -0.25) is 9.89 Å². The number of methoxy groups -OCH3 is 1. The Morgan fingerprint density at radius 3 is 2.57 bits per heavy atom. The summed E-state index contributed by atoms with van der Waals surface area (Å²) < 4.78 is 5.19. The lowest BCUT2D eigenvalue weighted by atomic mass is 9.97. The summed E-state index contributed by atoms with van der Waals surface area (Å²) in [5, 5.41) is 29.9. The highest BCUT2D eigenvalue weighted by molar-refractivity contribution is 6.32. The second kappa shape index (κ2) is 8.22. The van der Waals surface area contributed by atoms with Crippen LogP contribution in [0.15, 0.2) is 36.4 Å². The molecule has 1 heterocycles. The summed E-state index contributed by atoms with van der Waals surface area (Å²) >= 11 is 6.02. The Morgan fingerprint density at radius 1 is 1.21 bits per heavy atom. The number of rotatable bonds is 6. The molecular formula is C20H20ClN3O4. The molecule has 0 unspecified atom stereocenters. The average Bonchev–Trinajstić information content (AvgIpc) is 3.13. The lowest BCUT2D eigenvalue weighted by Gasteiger charge is -2.10. The van der Waals surface area contributed by atoms with Crippen molar-refractivity contribution in [2.45, 2.75) is 13.3 Å². The number of nitrogens with zero attached hydrogens (tertiary/aromatic N) is 1. The van der Waals surface area contributed by atoms with Gasteiger partial charge in [-0.2, -0.15) is 5.10 Å². The van der Waals surface area contributed by atoms with E-state index >= 15 is 0 Å². The second-order valence-electron chi connectivity index (χ2n) is 6.13. The SMILES string of the molecule is CCCNC(=O)c1[nH]nc(-c2cc(Cl)c(O)cc2O)c1-c1ccc(OC)cc1. The topological polar surface area (TPSA) is 107 Å². The highest BCUT2D eigenvalue weighted by Crippen LogP contribution is 2.41. The molecule has 0 spiro atoms. The first-order valence-corrected chi connectivity index (χ1v) is 9.06. The van der Waals surface area contributed by atoms with Crippen molar-refractivity contribution in [1.82, 2.24) is 15.5 Å². The van der Waals surface area contributed by atoms with Crippen LogP contribution in [0, 0.1) is 0 Å². The van der Waals surface area contributed by atoms with Crippen LogP contribution in [0.4, 0.5) is 0 Å². The quantitative estimate of drug-likeness (QED) is 0.500. The van der Waals surface area contributed by atoms with Crippen molar-refractivity contribution in [3.05, 3.63) is 47.1 Å². The lowest BCUT2D eigenvalue weighted by Crippen LogP contribution is -2.24. The van der Waals surface area contributed by atoms with Gasteiger partial charge in [0.25, 0.3) is 5.91 Å². The molecule has 0 saturated carbocycles. The third-order valence-corrected chi connectivity index (χ3v) is 4.53. The number of carbonyl (C=O) groups is 1. The molecule has 7 nitrogen and oxygen atoms in total. The molecule has 0 saturated heterocycles. The van der Waals surface area contributed by atoms with Crippen LogP contribution >= 0.6 is 11.6 Å². The fourth-order valence-electron chi connectivity index (χ4n) is 2.81.